The Morgan fingerprint density at radius 3 is 2.56 bits per heavy atom. The van der Waals surface area contributed by atoms with Gasteiger partial charge in [-0.05, 0) is 90.5 Å². The smallest absolute Gasteiger partial charge is 0.410 e. The van der Waals surface area contributed by atoms with E-state index in [0.717, 1.165) is 56.1 Å². The predicted molar refractivity (Wildman–Crippen MR) is 131 cm³/mol. The molecule has 0 N–H and O–H groups in total. The SMILES string of the molecule is CCn1c(CC[C@@H]2CCCN2C(=O)[C@H]2CCCN2C(=O)OC(C)(C)C)cc2cc(C#N)ccc21. The maximum Gasteiger partial charge on any atom is 0.410 e. The minimum absolute atomic E-state index is 0.0700. The first-order chi connectivity index (χ1) is 16.2. The molecule has 182 valence electrons. The number of fused-ring (bicyclic) bond motifs is 1. The number of hydrogen-bond acceptors (Lipinski definition) is 4. The maximum atomic E-state index is 13.5. The quantitative estimate of drug-likeness (QED) is 0.633. The summed E-state index contributed by atoms with van der Waals surface area (Å²) >= 11 is 0. The van der Waals surface area contributed by atoms with Crippen molar-refractivity contribution < 1.29 is 14.3 Å². The van der Waals surface area contributed by atoms with Crippen molar-refractivity contribution in [3.05, 3.63) is 35.5 Å². The molecule has 2 aliphatic rings. The number of amides is 2. The summed E-state index contributed by atoms with van der Waals surface area (Å²) in [5.74, 6) is 0.0700. The number of aromatic nitrogens is 1. The first-order valence-corrected chi connectivity index (χ1v) is 12.5. The van der Waals surface area contributed by atoms with E-state index in [0.29, 0.717) is 18.5 Å². The molecule has 2 amide bonds. The van der Waals surface area contributed by atoms with Crippen LogP contribution in [0.15, 0.2) is 24.3 Å². The molecule has 1 aromatic carbocycles. The highest BCUT2D eigenvalue weighted by atomic mass is 16.6. The van der Waals surface area contributed by atoms with Gasteiger partial charge in [-0.2, -0.15) is 5.26 Å². The van der Waals surface area contributed by atoms with Crippen LogP contribution in [0.3, 0.4) is 0 Å². The molecule has 2 saturated heterocycles. The lowest BCUT2D eigenvalue weighted by Gasteiger charge is -2.32. The summed E-state index contributed by atoms with van der Waals surface area (Å²) in [6, 6.07) is 10.0. The number of rotatable bonds is 5. The molecule has 2 fully saturated rings. The number of aryl methyl sites for hydroxylation is 2. The number of ether oxygens (including phenoxy) is 1. The van der Waals surface area contributed by atoms with Crippen molar-refractivity contribution in [2.45, 2.75) is 90.4 Å². The molecule has 4 rings (SSSR count). The molecule has 34 heavy (non-hydrogen) atoms. The van der Waals surface area contributed by atoms with Crippen molar-refractivity contribution in [2.75, 3.05) is 13.1 Å². The molecule has 0 aliphatic carbocycles. The van der Waals surface area contributed by atoms with Gasteiger partial charge >= 0.3 is 6.09 Å². The number of benzene rings is 1. The fourth-order valence-corrected chi connectivity index (χ4v) is 5.47. The highest BCUT2D eigenvalue weighted by Gasteiger charge is 2.41. The van der Waals surface area contributed by atoms with Crippen molar-refractivity contribution in [3.63, 3.8) is 0 Å². The van der Waals surface area contributed by atoms with E-state index in [2.05, 4.69) is 23.6 Å². The minimum atomic E-state index is -0.574. The maximum absolute atomic E-state index is 13.5. The van der Waals surface area contributed by atoms with Crippen molar-refractivity contribution in [1.29, 1.82) is 5.26 Å². The molecule has 0 radical (unpaired) electrons. The molecule has 0 saturated carbocycles. The van der Waals surface area contributed by atoms with Gasteiger partial charge in [0.1, 0.15) is 11.6 Å². The van der Waals surface area contributed by atoms with Gasteiger partial charge in [0.05, 0.1) is 11.6 Å². The van der Waals surface area contributed by atoms with Crippen LogP contribution in [0.25, 0.3) is 10.9 Å². The Kier molecular flexibility index (Phi) is 6.88. The monoisotopic (exact) mass is 464 g/mol. The van der Waals surface area contributed by atoms with Crippen LogP contribution in [-0.2, 0) is 22.5 Å². The molecule has 0 unspecified atom stereocenters. The lowest BCUT2D eigenvalue weighted by atomic mass is 10.1. The van der Waals surface area contributed by atoms with Gasteiger partial charge in [-0.15, -0.1) is 0 Å². The largest absolute Gasteiger partial charge is 0.444 e. The second-order valence-corrected chi connectivity index (χ2v) is 10.5. The van der Waals surface area contributed by atoms with Crippen LogP contribution in [0.2, 0.25) is 0 Å². The normalized spacial score (nSPS) is 20.7. The molecule has 2 aliphatic heterocycles. The first-order valence-electron chi connectivity index (χ1n) is 12.5. The Morgan fingerprint density at radius 1 is 1.12 bits per heavy atom. The zero-order valence-electron chi connectivity index (χ0n) is 20.8. The first kappa shape index (κ1) is 24.1. The molecule has 7 heteroatoms. The van der Waals surface area contributed by atoms with E-state index in [9.17, 15) is 14.9 Å². The topological polar surface area (TPSA) is 78.6 Å². The summed E-state index contributed by atoms with van der Waals surface area (Å²) < 4.78 is 7.87. The third-order valence-electron chi connectivity index (χ3n) is 6.99. The summed E-state index contributed by atoms with van der Waals surface area (Å²) in [5, 5.41) is 10.3. The molecular weight excluding hydrogens is 428 g/mol. The summed E-state index contributed by atoms with van der Waals surface area (Å²) in [6.45, 7) is 9.89. The van der Waals surface area contributed by atoms with Crippen LogP contribution >= 0.6 is 0 Å². The molecule has 2 aromatic rings. The molecular formula is C27H36N4O3. The van der Waals surface area contributed by atoms with Gasteiger partial charge in [0, 0.05) is 42.3 Å². The second-order valence-electron chi connectivity index (χ2n) is 10.5. The lowest BCUT2D eigenvalue weighted by Crippen LogP contribution is -2.50. The number of carbonyl (C=O) groups excluding carboxylic acids is 2. The number of hydrogen-bond donors (Lipinski definition) is 0. The van der Waals surface area contributed by atoms with Crippen molar-refractivity contribution >= 4 is 22.9 Å². The van der Waals surface area contributed by atoms with E-state index in [1.807, 2.05) is 43.9 Å². The number of likely N-dealkylation sites (tertiary alicyclic amines) is 2. The van der Waals surface area contributed by atoms with E-state index >= 15 is 0 Å². The number of nitrogens with zero attached hydrogens (tertiary/aromatic N) is 4. The average Bonchev–Trinajstić information content (AvgIpc) is 3.53. The Hall–Kier alpha value is -3.01. The van der Waals surface area contributed by atoms with Gasteiger partial charge in [0.15, 0.2) is 0 Å². The average molecular weight is 465 g/mol. The predicted octanol–water partition coefficient (Wildman–Crippen LogP) is 4.86. The summed E-state index contributed by atoms with van der Waals surface area (Å²) in [5.41, 5.74) is 2.48. The summed E-state index contributed by atoms with van der Waals surface area (Å²) in [6.07, 6.45) is 4.91. The van der Waals surface area contributed by atoms with Gasteiger partial charge in [-0.25, -0.2) is 4.79 Å². The fourth-order valence-electron chi connectivity index (χ4n) is 5.47. The van der Waals surface area contributed by atoms with Crippen molar-refractivity contribution in [1.82, 2.24) is 14.4 Å². The third kappa shape index (κ3) is 4.91. The van der Waals surface area contributed by atoms with Gasteiger partial charge in [-0.3, -0.25) is 9.69 Å². The second kappa shape index (κ2) is 9.69. The van der Waals surface area contributed by atoms with E-state index in [1.54, 1.807) is 4.90 Å². The Morgan fingerprint density at radius 2 is 1.85 bits per heavy atom. The fraction of sp³-hybridized carbons (Fsp3) is 0.593. The van der Waals surface area contributed by atoms with Crippen LogP contribution in [0.1, 0.15) is 71.1 Å². The minimum Gasteiger partial charge on any atom is -0.444 e. The van der Waals surface area contributed by atoms with Crippen LogP contribution in [0, 0.1) is 11.3 Å². The van der Waals surface area contributed by atoms with Gasteiger partial charge in [-0.1, -0.05) is 0 Å². The van der Waals surface area contributed by atoms with Crippen LogP contribution in [0.4, 0.5) is 4.79 Å². The summed E-state index contributed by atoms with van der Waals surface area (Å²) in [4.78, 5) is 29.9. The molecule has 0 spiro atoms. The van der Waals surface area contributed by atoms with Crippen LogP contribution < -0.4 is 0 Å². The number of nitriles is 1. The molecule has 0 bridgehead atoms. The van der Waals surface area contributed by atoms with Crippen LogP contribution in [0.5, 0.6) is 0 Å². The third-order valence-corrected chi connectivity index (χ3v) is 6.99. The van der Waals surface area contributed by atoms with E-state index < -0.39 is 11.6 Å². The highest BCUT2D eigenvalue weighted by Crippen LogP contribution is 2.29. The highest BCUT2D eigenvalue weighted by molar-refractivity contribution is 5.87. The van der Waals surface area contributed by atoms with E-state index in [4.69, 9.17) is 4.74 Å². The van der Waals surface area contributed by atoms with Crippen LogP contribution in [-0.4, -0.2) is 57.1 Å². The molecule has 2 atom stereocenters. The number of carbonyl (C=O) groups is 2. The van der Waals surface area contributed by atoms with Gasteiger partial charge in [0.2, 0.25) is 5.91 Å². The zero-order chi connectivity index (χ0) is 24.5. The van der Waals surface area contributed by atoms with E-state index in [-0.39, 0.29) is 18.0 Å². The Balaban J connectivity index is 1.45. The standard InChI is InChI=1S/C27H36N4O3/c1-5-29-22(17-20-16-19(18-28)10-13-23(20)29)12-11-21-8-6-14-30(21)25(32)24-9-7-15-31(24)26(33)34-27(2,3)4/h10,13,16-17,21,24H,5-9,11-12,14-15H2,1-4H3/t21-,24+/m0/s1. The lowest BCUT2D eigenvalue weighted by molar-refractivity contribution is -0.136. The summed E-state index contributed by atoms with van der Waals surface area (Å²) in [7, 11) is 0. The molecule has 3 heterocycles. The van der Waals surface area contributed by atoms with Crippen molar-refractivity contribution in [3.8, 4) is 6.07 Å². The van der Waals surface area contributed by atoms with Gasteiger partial charge < -0.3 is 14.2 Å². The molecule has 7 nitrogen and oxygen atoms in total. The molecule has 1 aromatic heterocycles. The zero-order valence-corrected chi connectivity index (χ0v) is 20.8. The Bertz CT molecular complexity index is 1110. The van der Waals surface area contributed by atoms with Gasteiger partial charge in [0.25, 0.3) is 0 Å². The van der Waals surface area contributed by atoms with Crippen molar-refractivity contribution in [2.24, 2.45) is 0 Å². The Labute approximate surface area is 202 Å². The van der Waals surface area contributed by atoms with E-state index in [1.165, 1.54) is 5.69 Å².